The third-order valence-electron chi connectivity index (χ3n) is 5.60. The first kappa shape index (κ1) is 15.3. The molecule has 2 aliphatic rings. The lowest BCUT2D eigenvalue weighted by molar-refractivity contribution is 0.0770. The molecular weight excluding hydrogens is 326 g/mol. The summed E-state index contributed by atoms with van der Waals surface area (Å²) in [6.45, 7) is 2.40. The Morgan fingerprint density at radius 2 is 1.77 bits per heavy atom. The number of anilines is 1. The summed E-state index contributed by atoms with van der Waals surface area (Å²) in [7, 11) is 0. The molecule has 1 atom stereocenters. The number of hydrogen-bond acceptors (Lipinski definition) is 5. The van der Waals surface area contributed by atoms with E-state index in [1.54, 1.807) is 12.4 Å². The van der Waals surface area contributed by atoms with Crippen LogP contribution in [0.5, 0.6) is 0 Å². The van der Waals surface area contributed by atoms with Gasteiger partial charge in [-0.05, 0) is 31.0 Å². The summed E-state index contributed by atoms with van der Waals surface area (Å²) in [4.78, 5) is 30.5. The van der Waals surface area contributed by atoms with Crippen LogP contribution in [0.2, 0.25) is 0 Å². The Labute approximate surface area is 151 Å². The van der Waals surface area contributed by atoms with Crippen LogP contribution in [0.25, 0.3) is 10.9 Å². The van der Waals surface area contributed by atoms with Gasteiger partial charge in [-0.15, -0.1) is 0 Å². The van der Waals surface area contributed by atoms with Crippen molar-refractivity contribution in [3.05, 3.63) is 60.6 Å². The number of benzene rings is 1. The van der Waals surface area contributed by atoms with Gasteiger partial charge in [-0.25, -0.2) is 15.0 Å². The van der Waals surface area contributed by atoms with E-state index >= 15 is 0 Å². The summed E-state index contributed by atoms with van der Waals surface area (Å²) < 4.78 is 0. The van der Waals surface area contributed by atoms with Crippen LogP contribution in [0.4, 0.5) is 5.95 Å². The number of para-hydroxylation sites is 1. The van der Waals surface area contributed by atoms with Crippen LogP contribution in [0.15, 0.2) is 54.9 Å². The summed E-state index contributed by atoms with van der Waals surface area (Å²) in [5, 5.41) is 1.05. The Balaban J connectivity index is 1.37. The fourth-order valence-electron chi connectivity index (χ4n) is 4.08. The molecule has 4 heterocycles. The minimum Gasteiger partial charge on any atom is -0.335 e. The first-order valence-electron chi connectivity index (χ1n) is 8.95. The molecule has 1 spiro atoms. The molecule has 0 N–H and O–H groups in total. The summed E-state index contributed by atoms with van der Waals surface area (Å²) in [5.41, 5.74) is 1.35. The number of fused-ring (bicyclic) bond motifs is 1. The fourth-order valence-corrected chi connectivity index (χ4v) is 4.08. The number of likely N-dealkylation sites (tertiary alicyclic amines) is 1. The van der Waals surface area contributed by atoms with Crippen molar-refractivity contribution in [2.75, 3.05) is 24.5 Å². The smallest absolute Gasteiger partial charge is 0.272 e. The Hall–Kier alpha value is -3.02. The number of aromatic nitrogens is 3. The van der Waals surface area contributed by atoms with Gasteiger partial charge in [0.25, 0.3) is 5.91 Å². The van der Waals surface area contributed by atoms with E-state index in [9.17, 15) is 4.79 Å². The highest BCUT2D eigenvalue weighted by Crippen LogP contribution is 2.41. The zero-order valence-corrected chi connectivity index (χ0v) is 14.4. The highest BCUT2D eigenvalue weighted by atomic mass is 16.2. The topological polar surface area (TPSA) is 62.2 Å². The molecule has 2 aromatic heterocycles. The minimum absolute atomic E-state index is 0.00783. The van der Waals surface area contributed by atoms with Crippen molar-refractivity contribution in [1.82, 2.24) is 19.9 Å². The molecule has 130 valence electrons. The van der Waals surface area contributed by atoms with Gasteiger partial charge in [-0.1, -0.05) is 24.3 Å². The average molecular weight is 345 g/mol. The fraction of sp³-hybridized carbons (Fsp3) is 0.300. The minimum atomic E-state index is -0.0200. The second-order valence-electron chi connectivity index (χ2n) is 7.04. The molecule has 26 heavy (non-hydrogen) atoms. The molecule has 2 aliphatic heterocycles. The molecule has 1 amide bonds. The van der Waals surface area contributed by atoms with Gasteiger partial charge in [0.1, 0.15) is 5.69 Å². The SMILES string of the molecule is O=C(c1ccc2ccccc2n1)N1CCC2(CCN2c2ncccn2)C1. The monoisotopic (exact) mass is 345 g/mol. The van der Waals surface area contributed by atoms with Gasteiger partial charge in [0.2, 0.25) is 5.95 Å². The van der Waals surface area contributed by atoms with E-state index in [1.165, 1.54) is 0 Å². The highest BCUT2D eigenvalue weighted by molar-refractivity contribution is 5.95. The molecule has 0 radical (unpaired) electrons. The van der Waals surface area contributed by atoms with E-state index in [0.29, 0.717) is 12.2 Å². The van der Waals surface area contributed by atoms with Gasteiger partial charge in [-0.2, -0.15) is 0 Å². The summed E-state index contributed by atoms with van der Waals surface area (Å²) in [6.07, 6.45) is 5.56. The van der Waals surface area contributed by atoms with E-state index in [1.807, 2.05) is 47.4 Å². The summed E-state index contributed by atoms with van der Waals surface area (Å²) >= 11 is 0. The maximum absolute atomic E-state index is 13.0. The molecular formula is C20H19N5O. The molecule has 0 bridgehead atoms. The predicted octanol–water partition coefficient (Wildman–Crippen LogP) is 2.52. The van der Waals surface area contributed by atoms with E-state index in [0.717, 1.165) is 42.8 Å². The van der Waals surface area contributed by atoms with Crippen LogP contribution in [-0.2, 0) is 0 Å². The van der Waals surface area contributed by atoms with Crippen LogP contribution in [0.1, 0.15) is 23.3 Å². The zero-order valence-electron chi connectivity index (χ0n) is 14.4. The molecule has 5 rings (SSSR count). The first-order valence-corrected chi connectivity index (χ1v) is 8.95. The zero-order chi connectivity index (χ0) is 17.6. The van der Waals surface area contributed by atoms with Crippen molar-refractivity contribution < 1.29 is 4.79 Å². The van der Waals surface area contributed by atoms with Crippen molar-refractivity contribution in [2.24, 2.45) is 0 Å². The van der Waals surface area contributed by atoms with Gasteiger partial charge in [0, 0.05) is 37.4 Å². The quantitative estimate of drug-likeness (QED) is 0.714. The van der Waals surface area contributed by atoms with Crippen molar-refractivity contribution in [3.63, 3.8) is 0 Å². The average Bonchev–Trinajstić information content (AvgIpc) is 3.15. The standard InChI is InChI=1S/C20H19N5O/c26-18(17-7-6-15-4-1-2-5-16(15)23-17)24-12-8-20(14-24)9-13-25(20)19-21-10-3-11-22-19/h1-7,10-11H,8-9,12-14H2. The second kappa shape index (κ2) is 5.76. The number of carbonyl (C=O) groups is 1. The number of hydrogen-bond donors (Lipinski definition) is 0. The molecule has 6 nitrogen and oxygen atoms in total. The van der Waals surface area contributed by atoms with Crippen LogP contribution in [0.3, 0.4) is 0 Å². The highest BCUT2D eigenvalue weighted by Gasteiger charge is 2.51. The summed E-state index contributed by atoms with van der Waals surface area (Å²) in [5.74, 6) is 0.769. The Kier molecular flexibility index (Phi) is 3.38. The first-order chi connectivity index (χ1) is 12.8. The number of nitrogens with zero attached hydrogens (tertiary/aromatic N) is 5. The Bertz CT molecular complexity index is 976. The lowest BCUT2D eigenvalue weighted by Crippen LogP contribution is -2.62. The van der Waals surface area contributed by atoms with Crippen LogP contribution in [-0.4, -0.2) is 50.9 Å². The van der Waals surface area contributed by atoms with E-state index in [2.05, 4.69) is 19.9 Å². The maximum atomic E-state index is 13.0. The number of pyridine rings is 1. The lowest BCUT2D eigenvalue weighted by atomic mass is 9.84. The van der Waals surface area contributed by atoms with Gasteiger partial charge in [-0.3, -0.25) is 4.79 Å². The maximum Gasteiger partial charge on any atom is 0.272 e. The summed E-state index contributed by atoms with van der Waals surface area (Å²) in [6, 6.07) is 13.5. The molecule has 0 saturated carbocycles. The molecule has 6 heteroatoms. The van der Waals surface area contributed by atoms with Crippen molar-refractivity contribution >= 4 is 22.8 Å². The third kappa shape index (κ3) is 2.33. The molecule has 2 fully saturated rings. The van der Waals surface area contributed by atoms with Crippen molar-refractivity contribution in [2.45, 2.75) is 18.4 Å². The van der Waals surface area contributed by atoms with E-state index in [4.69, 9.17) is 0 Å². The lowest BCUT2D eigenvalue weighted by Gasteiger charge is -2.50. The van der Waals surface area contributed by atoms with Crippen LogP contribution in [0, 0.1) is 0 Å². The van der Waals surface area contributed by atoms with Crippen LogP contribution >= 0.6 is 0 Å². The van der Waals surface area contributed by atoms with Gasteiger partial charge < -0.3 is 9.80 Å². The van der Waals surface area contributed by atoms with Gasteiger partial charge in [0.05, 0.1) is 11.1 Å². The van der Waals surface area contributed by atoms with Gasteiger partial charge >= 0.3 is 0 Å². The third-order valence-corrected chi connectivity index (χ3v) is 5.60. The van der Waals surface area contributed by atoms with Crippen molar-refractivity contribution in [3.8, 4) is 0 Å². The number of rotatable bonds is 2. The van der Waals surface area contributed by atoms with Gasteiger partial charge in [0.15, 0.2) is 0 Å². The number of carbonyl (C=O) groups excluding carboxylic acids is 1. The molecule has 1 unspecified atom stereocenters. The molecule has 0 aliphatic carbocycles. The molecule has 2 saturated heterocycles. The number of amides is 1. The Morgan fingerprint density at radius 3 is 2.58 bits per heavy atom. The second-order valence-corrected chi connectivity index (χ2v) is 7.04. The Morgan fingerprint density at radius 1 is 0.962 bits per heavy atom. The predicted molar refractivity (Wildman–Crippen MR) is 99.0 cm³/mol. The van der Waals surface area contributed by atoms with Crippen LogP contribution < -0.4 is 4.90 Å². The van der Waals surface area contributed by atoms with Crippen molar-refractivity contribution in [1.29, 1.82) is 0 Å². The normalized spacial score (nSPS) is 22.0. The molecule has 3 aromatic rings. The largest absolute Gasteiger partial charge is 0.335 e. The van der Waals surface area contributed by atoms with E-state index < -0.39 is 0 Å². The van der Waals surface area contributed by atoms with E-state index in [-0.39, 0.29) is 11.4 Å². The molecule has 1 aromatic carbocycles.